The summed E-state index contributed by atoms with van der Waals surface area (Å²) in [6.07, 6.45) is 4.10. The SMILES string of the molecule is CCCC1(c2nc(C(C)(CC)OCC)no2)CCNC1. The lowest BCUT2D eigenvalue weighted by Gasteiger charge is -2.25. The van der Waals surface area contributed by atoms with E-state index in [9.17, 15) is 0 Å². The van der Waals surface area contributed by atoms with Crippen molar-refractivity contribution in [3.05, 3.63) is 11.7 Å². The van der Waals surface area contributed by atoms with E-state index in [1.165, 1.54) is 0 Å². The number of hydrogen-bond donors (Lipinski definition) is 1. The van der Waals surface area contributed by atoms with Gasteiger partial charge in [0.2, 0.25) is 11.7 Å². The summed E-state index contributed by atoms with van der Waals surface area (Å²) >= 11 is 0. The highest BCUT2D eigenvalue weighted by Gasteiger charge is 2.41. The average molecular weight is 281 g/mol. The van der Waals surface area contributed by atoms with Gasteiger partial charge in [0, 0.05) is 13.2 Å². The highest BCUT2D eigenvalue weighted by molar-refractivity contribution is 5.12. The molecule has 0 radical (unpaired) electrons. The number of aromatic nitrogens is 2. The fraction of sp³-hybridized carbons (Fsp3) is 0.867. The molecule has 114 valence electrons. The van der Waals surface area contributed by atoms with Crippen LogP contribution in [0.1, 0.15) is 65.1 Å². The third-order valence-corrected chi connectivity index (χ3v) is 4.46. The van der Waals surface area contributed by atoms with Crippen LogP contribution in [-0.2, 0) is 15.8 Å². The predicted molar refractivity (Wildman–Crippen MR) is 77.6 cm³/mol. The molecule has 1 aromatic heterocycles. The zero-order chi connectivity index (χ0) is 14.6. The maximum Gasteiger partial charge on any atom is 0.234 e. The Bertz CT molecular complexity index is 427. The van der Waals surface area contributed by atoms with Crippen LogP contribution in [0.4, 0.5) is 0 Å². The molecular weight excluding hydrogens is 254 g/mol. The van der Waals surface area contributed by atoms with Crippen LogP contribution in [0.5, 0.6) is 0 Å². The van der Waals surface area contributed by atoms with E-state index in [0.29, 0.717) is 12.4 Å². The lowest BCUT2D eigenvalue weighted by molar-refractivity contribution is -0.0403. The zero-order valence-electron chi connectivity index (χ0n) is 13.2. The smallest absolute Gasteiger partial charge is 0.234 e. The van der Waals surface area contributed by atoms with Crippen molar-refractivity contribution < 1.29 is 9.26 Å². The molecule has 0 aliphatic carbocycles. The summed E-state index contributed by atoms with van der Waals surface area (Å²) in [7, 11) is 0. The summed E-state index contributed by atoms with van der Waals surface area (Å²) in [5.74, 6) is 1.46. The number of rotatable bonds is 7. The van der Waals surface area contributed by atoms with E-state index in [4.69, 9.17) is 14.2 Å². The first-order chi connectivity index (χ1) is 9.60. The standard InChI is InChI=1S/C15H27N3O2/c1-5-8-15(9-10-16-11-15)13-17-12(18-20-13)14(4,6-2)19-7-3/h16H,5-11H2,1-4H3. The number of hydrogen-bond acceptors (Lipinski definition) is 5. The largest absolute Gasteiger partial charge is 0.367 e. The first-order valence-electron chi connectivity index (χ1n) is 7.79. The molecule has 1 aliphatic rings. The first-order valence-corrected chi connectivity index (χ1v) is 7.79. The molecule has 2 rings (SSSR count). The van der Waals surface area contributed by atoms with Crippen LogP contribution in [0, 0.1) is 0 Å². The average Bonchev–Trinajstić information content (AvgIpc) is 3.08. The third kappa shape index (κ3) is 2.74. The minimum atomic E-state index is -0.448. The summed E-state index contributed by atoms with van der Waals surface area (Å²) in [6.45, 7) is 10.9. The summed E-state index contributed by atoms with van der Waals surface area (Å²) < 4.78 is 11.5. The lowest BCUT2D eigenvalue weighted by Crippen LogP contribution is -2.30. The van der Waals surface area contributed by atoms with Gasteiger partial charge in [0.15, 0.2) is 0 Å². The molecule has 0 saturated carbocycles. The lowest BCUT2D eigenvalue weighted by atomic mass is 9.82. The van der Waals surface area contributed by atoms with Gasteiger partial charge >= 0.3 is 0 Å². The summed E-state index contributed by atoms with van der Waals surface area (Å²) in [5, 5.41) is 7.64. The van der Waals surface area contributed by atoms with E-state index in [-0.39, 0.29) is 5.41 Å². The van der Waals surface area contributed by atoms with Gasteiger partial charge in [0.1, 0.15) is 5.60 Å². The van der Waals surface area contributed by atoms with Crippen molar-refractivity contribution in [3.63, 3.8) is 0 Å². The Hall–Kier alpha value is -0.940. The van der Waals surface area contributed by atoms with Gasteiger partial charge in [-0.25, -0.2) is 0 Å². The van der Waals surface area contributed by atoms with Crippen LogP contribution in [0.2, 0.25) is 0 Å². The van der Waals surface area contributed by atoms with Gasteiger partial charge in [-0.1, -0.05) is 25.4 Å². The van der Waals surface area contributed by atoms with Crippen LogP contribution >= 0.6 is 0 Å². The zero-order valence-corrected chi connectivity index (χ0v) is 13.2. The maximum atomic E-state index is 5.83. The molecule has 0 bridgehead atoms. The Morgan fingerprint density at radius 2 is 2.20 bits per heavy atom. The minimum absolute atomic E-state index is 0.0147. The van der Waals surface area contributed by atoms with Crippen molar-refractivity contribution in [2.45, 2.75) is 64.4 Å². The molecule has 5 nitrogen and oxygen atoms in total. The van der Waals surface area contributed by atoms with Gasteiger partial charge < -0.3 is 14.6 Å². The number of nitrogens with zero attached hydrogens (tertiary/aromatic N) is 2. The molecule has 1 fully saturated rings. The van der Waals surface area contributed by atoms with Crippen molar-refractivity contribution in [2.24, 2.45) is 0 Å². The third-order valence-electron chi connectivity index (χ3n) is 4.46. The molecular formula is C15H27N3O2. The van der Waals surface area contributed by atoms with E-state index >= 15 is 0 Å². The quantitative estimate of drug-likeness (QED) is 0.832. The molecule has 0 spiro atoms. The molecule has 1 aliphatic heterocycles. The molecule has 1 saturated heterocycles. The molecule has 20 heavy (non-hydrogen) atoms. The van der Waals surface area contributed by atoms with Gasteiger partial charge in [-0.15, -0.1) is 0 Å². The molecule has 5 heteroatoms. The Morgan fingerprint density at radius 3 is 2.75 bits per heavy atom. The fourth-order valence-electron chi connectivity index (χ4n) is 3.02. The van der Waals surface area contributed by atoms with Gasteiger partial charge in [0.25, 0.3) is 0 Å². The molecule has 0 amide bonds. The molecule has 2 heterocycles. The van der Waals surface area contributed by atoms with E-state index in [2.05, 4.69) is 24.3 Å². The highest BCUT2D eigenvalue weighted by atomic mass is 16.5. The van der Waals surface area contributed by atoms with Crippen molar-refractivity contribution in [3.8, 4) is 0 Å². The monoisotopic (exact) mass is 281 g/mol. The van der Waals surface area contributed by atoms with Crippen molar-refractivity contribution >= 4 is 0 Å². The Kier molecular flexibility index (Phi) is 4.81. The summed E-state index contributed by atoms with van der Waals surface area (Å²) in [5.41, 5.74) is -0.434. The van der Waals surface area contributed by atoms with Gasteiger partial charge in [-0.05, 0) is 39.7 Å². The second kappa shape index (κ2) is 6.22. The first kappa shape index (κ1) is 15.4. The highest BCUT2D eigenvalue weighted by Crippen LogP contribution is 2.36. The van der Waals surface area contributed by atoms with Gasteiger partial charge in [-0.3, -0.25) is 0 Å². The topological polar surface area (TPSA) is 60.2 Å². The van der Waals surface area contributed by atoms with Gasteiger partial charge in [0.05, 0.1) is 5.41 Å². The van der Waals surface area contributed by atoms with Gasteiger partial charge in [-0.2, -0.15) is 4.98 Å². The molecule has 1 aromatic rings. The summed E-state index contributed by atoms with van der Waals surface area (Å²) in [4.78, 5) is 4.70. The second-order valence-electron chi connectivity index (χ2n) is 5.90. The van der Waals surface area contributed by atoms with E-state index < -0.39 is 5.60 Å². The van der Waals surface area contributed by atoms with Crippen LogP contribution in [0.25, 0.3) is 0 Å². The van der Waals surface area contributed by atoms with Crippen LogP contribution in [-0.4, -0.2) is 29.8 Å². The van der Waals surface area contributed by atoms with E-state index in [0.717, 1.165) is 44.7 Å². The maximum absolute atomic E-state index is 5.83. The van der Waals surface area contributed by atoms with Crippen molar-refractivity contribution in [2.75, 3.05) is 19.7 Å². The predicted octanol–water partition coefficient (Wildman–Crippen LogP) is 2.76. The van der Waals surface area contributed by atoms with Crippen LogP contribution in [0.15, 0.2) is 4.52 Å². The van der Waals surface area contributed by atoms with E-state index in [1.807, 2.05) is 13.8 Å². The second-order valence-corrected chi connectivity index (χ2v) is 5.90. The normalized spacial score (nSPS) is 25.8. The Labute approximate surface area is 121 Å². The van der Waals surface area contributed by atoms with E-state index in [1.54, 1.807) is 0 Å². The molecule has 2 atom stereocenters. The fourth-order valence-corrected chi connectivity index (χ4v) is 3.02. The minimum Gasteiger partial charge on any atom is -0.367 e. The molecule has 2 unspecified atom stereocenters. The Morgan fingerprint density at radius 1 is 1.40 bits per heavy atom. The van der Waals surface area contributed by atoms with Crippen LogP contribution < -0.4 is 5.32 Å². The number of ether oxygens (including phenoxy) is 1. The molecule has 1 N–H and O–H groups in total. The van der Waals surface area contributed by atoms with Crippen molar-refractivity contribution in [1.29, 1.82) is 0 Å². The van der Waals surface area contributed by atoms with Crippen molar-refractivity contribution in [1.82, 2.24) is 15.5 Å². The van der Waals surface area contributed by atoms with Crippen LogP contribution in [0.3, 0.4) is 0 Å². The number of nitrogens with one attached hydrogen (secondary N) is 1. The Balaban J connectivity index is 2.27. The molecule has 0 aromatic carbocycles. The summed E-state index contributed by atoms with van der Waals surface area (Å²) in [6, 6.07) is 0.